The summed E-state index contributed by atoms with van der Waals surface area (Å²) >= 11 is 0. The summed E-state index contributed by atoms with van der Waals surface area (Å²) in [5.74, 6) is 0. The Morgan fingerprint density at radius 3 is 1.60 bits per heavy atom. The van der Waals surface area contributed by atoms with E-state index in [1.807, 2.05) is 0 Å². The van der Waals surface area contributed by atoms with Gasteiger partial charge in [-0.2, -0.15) is 6.92 Å². The first-order valence-electron chi connectivity index (χ1n) is 0.704. The van der Waals surface area contributed by atoms with Crippen LogP contribution in [0.1, 0.15) is 6.92 Å². The van der Waals surface area contributed by atoms with E-state index >= 15 is 0 Å². The summed E-state index contributed by atoms with van der Waals surface area (Å²) in [6, 6.07) is 0. The molecule has 0 rings (SSSR count). The minimum absolute atomic E-state index is 0. The second-order valence-corrected chi connectivity index (χ2v) is 0.204. The average molecular weight is 100 g/mol. The van der Waals surface area contributed by atoms with Crippen molar-refractivity contribution in [3.05, 3.63) is 0 Å². The summed E-state index contributed by atoms with van der Waals surface area (Å²) in [4.78, 5) is 8.68. The Labute approximate surface area is 73.7 Å². The molecule has 0 bridgehead atoms. The molecular weight excluding hydrogens is 95.1 g/mol. The first-order chi connectivity index (χ1) is 1.41. The summed E-state index contributed by atoms with van der Waals surface area (Å²) in [6.07, 6.45) is 1.50. The van der Waals surface area contributed by atoms with Crippen LogP contribution in [-0.2, 0) is 4.79 Å². The quantitative estimate of drug-likeness (QED) is 0.228. The van der Waals surface area contributed by atoms with Crippen LogP contribution in [0.5, 0.6) is 0 Å². The summed E-state index contributed by atoms with van der Waals surface area (Å²) in [5.41, 5.74) is 0. The van der Waals surface area contributed by atoms with Gasteiger partial charge in [0.25, 0.3) is 0 Å². The Bertz CT molecular complexity index is 15.1. The molecule has 0 fully saturated rings. The van der Waals surface area contributed by atoms with Crippen molar-refractivity contribution < 1.29 is 61.7 Å². The van der Waals surface area contributed by atoms with Crippen LogP contribution >= 0.6 is 0 Å². The van der Waals surface area contributed by atoms with Gasteiger partial charge in [0.05, 0.1) is 0 Å². The molecule has 0 saturated heterocycles. The third kappa shape index (κ3) is 35.0. The van der Waals surface area contributed by atoms with E-state index in [0.717, 1.165) is 0 Å². The summed E-state index contributed by atoms with van der Waals surface area (Å²) in [5, 5.41) is 0. The summed E-state index contributed by atoms with van der Waals surface area (Å²) in [6.45, 7) is 1.32. The molecule has 0 aliphatic carbocycles. The van der Waals surface area contributed by atoms with Crippen LogP contribution < -0.4 is 51.4 Å². The fraction of sp³-hybridized carbons (Fsp3) is 0.500. The van der Waals surface area contributed by atoms with E-state index in [9.17, 15) is 0 Å². The molecule has 0 spiro atoms. The standard InChI is InChI=1S/C2H3O.K.H2O/c1-2-3;;/h1H3;;1H2/q-1;+1;. The maximum atomic E-state index is 8.68. The molecule has 0 aliphatic heterocycles. The van der Waals surface area contributed by atoms with Crippen molar-refractivity contribution in [2.45, 2.75) is 6.92 Å². The Morgan fingerprint density at radius 2 is 1.60 bits per heavy atom. The van der Waals surface area contributed by atoms with Crippen LogP contribution in [0.3, 0.4) is 0 Å². The molecule has 0 aromatic rings. The van der Waals surface area contributed by atoms with Crippen molar-refractivity contribution in [1.82, 2.24) is 0 Å². The van der Waals surface area contributed by atoms with Crippen molar-refractivity contribution in [2.75, 3.05) is 0 Å². The molecule has 0 radical (unpaired) electrons. The normalized spacial score (nSPS) is 2.60. The van der Waals surface area contributed by atoms with E-state index in [4.69, 9.17) is 4.79 Å². The first-order valence-corrected chi connectivity index (χ1v) is 0.704. The number of carbonyl (C=O) groups excluding carboxylic acids is 1. The Kier molecular flexibility index (Phi) is 60.8. The molecular formula is C2H5KO2. The average Bonchev–Trinajstić information content (AvgIpc) is 0.918. The zero-order chi connectivity index (χ0) is 2.71. The minimum atomic E-state index is 0. The summed E-state index contributed by atoms with van der Waals surface area (Å²) in [7, 11) is 0. The van der Waals surface area contributed by atoms with Crippen molar-refractivity contribution in [1.29, 1.82) is 0 Å². The van der Waals surface area contributed by atoms with Crippen LogP contribution in [0.25, 0.3) is 0 Å². The van der Waals surface area contributed by atoms with Crippen LogP contribution in [0.2, 0.25) is 0 Å². The molecule has 0 saturated carbocycles. The maximum Gasteiger partial charge on any atom is 1.00 e. The molecule has 0 aromatic carbocycles. The predicted octanol–water partition coefficient (Wildman–Crippen LogP) is -3.70. The Morgan fingerprint density at radius 1 is 1.60 bits per heavy atom. The number of rotatable bonds is 0. The number of hydrogen-bond donors (Lipinski definition) is 0. The Hall–Kier alpha value is 1.27. The van der Waals surface area contributed by atoms with Gasteiger partial charge in [-0.15, -0.1) is 0 Å². The van der Waals surface area contributed by atoms with Crippen LogP contribution in [0, 0.1) is 0 Å². The van der Waals surface area contributed by atoms with Crippen molar-refractivity contribution in [2.24, 2.45) is 0 Å². The van der Waals surface area contributed by atoms with Gasteiger partial charge in [0, 0.05) is 0 Å². The van der Waals surface area contributed by atoms with E-state index in [2.05, 4.69) is 0 Å². The van der Waals surface area contributed by atoms with Gasteiger partial charge in [0.15, 0.2) is 0 Å². The zero-order valence-electron chi connectivity index (χ0n) is 3.41. The van der Waals surface area contributed by atoms with E-state index in [1.165, 1.54) is 13.2 Å². The van der Waals surface area contributed by atoms with Crippen LogP contribution in [0.4, 0.5) is 0 Å². The summed E-state index contributed by atoms with van der Waals surface area (Å²) < 4.78 is 0. The van der Waals surface area contributed by atoms with E-state index < -0.39 is 0 Å². The molecule has 26 valence electrons. The van der Waals surface area contributed by atoms with Crippen LogP contribution in [0.15, 0.2) is 0 Å². The monoisotopic (exact) mass is 100.0 g/mol. The molecule has 5 heavy (non-hydrogen) atoms. The second kappa shape index (κ2) is 18.7. The topological polar surface area (TPSA) is 48.6 Å². The van der Waals surface area contributed by atoms with Gasteiger partial charge in [0.2, 0.25) is 0 Å². The van der Waals surface area contributed by atoms with E-state index in [0.29, 0.717) is 0 Å². The zero-order valence-corrected chi connectivity index (χ0v) is 6.53. The van der Waals surface area contributed by atoms with Gasteiger partial charge in [0.1, 0.15) is 0 Å². The van der Waals surface area contributed by atoms with Gasteiger partial charge in [-0.25, -0.2) is 0 Å². The third-order valence-corrected chi connectivity index (χ3v) is 0. The van der Waals surface area contributed by atoms with E-state index in [-0.39, 0.29) is 56.9 Å². The molecule has 0 atom stereocenters. The van der Waals surface area contributed by atoms with Gasteiger partial charge in [-0.05, 0) is 0 Å². The smallest absolute Gasteiger partial charge is 0.542 e. The van der Waals surface area contributed by atoms with Crippen molar-refractivity contribution in [3.63, 3.8) is 0 Å². The predicted molar refractivity (Wildman–Crippen MR) is 15.0 cm³/mol. The molecule has 0 amide bonds. The largest absolute Gasteiger partial charge is 1.00 e. The van der Waals surface area contributed by atoms with Crippen molar-refractivity contribution in [3.8, 4) is 0 Å². The molecule has 2 nitrogen and oxygen atoms in total. The van der Waals surface area contributed by atoms with Gasteiger partial charge in [-0.1, -0.05) is 0 Å². The molecule has 0 aliphatic rings. The third-order valence-electron chi connectivity index (χ3n) is 0. The molecule has 0 aromatic heterocycles. The fourth-order valence-electron chi connectivity index (χ4n) is 0. The number of hydrogen-bond acceptors (Lipinski definition) is 1. The second-order valence-electron chi connectivity index (χ2n) is 0.204. The first kappa shape index (κ1) is 16.3. The SMILES string of the molecule is C[C-]=O.O.[K+]. The fourth-order valence-corrected chi connectivity index (χ4v) is 0. The van der Waals surface area contributed by atoms with Gasteiger partial charge < -0.3 is 10.3 Å². The van der Waals surface area contributed by atoms with E-state index in [1.54, 1.807) is 0 Å². The Balaban J connectivity index is -0.0000000200. The van der Waals surface area contributed by atoms with Gasteiger partial charge in [-0.3, -0.25) is 6.29 Å². The molecule has 3 heteroatoms. The van der Waals surface area contributed by atoms with Crippen LogP contribution in [-0.4, -0.2) is 11.8 Å². The maximum absolute atomic E-state index is 8.68. The van der Waals surface area contributed by atoms with Crippen molar-refractivity contribution >= 4 is 6.29 Å². The molecule has 2 N–H and O–H groups in total. The minimum Gasteiger partial charge on any atom is -0.542 e. The molecule has 0 unspecified atom stereocenters. The molecule has 0 heterocycles. The van der Waals surface area contributed by atoms with Gasteiger partial charge >= 0.3 is 51.4 Å².